The summed E-state index contributed by atoms with van der Waals surface area (Å²) in [6, 6.07) is 7.14. The maximum absolute atomic E-state index is 12.5. The first kappa shape index (κ1) is 19.1. The number of amides is 3. The molecule has 6 nitrogen and oxygen atoms in total. The number of nitrogens with two attached hydrogens (primary N) is 1. The van der Waals surface area contributed by atoms with Crippen LogP contribution in [0.2, 0.25) is 0 Å². The fourth-order valence-electron chi connectivity index (χ4n) is 3.28. The van der Waals surface area contributed by atoms with E-state index in [-0.39, 0.29) is 30.1 Å². The molecule has 2 atom stereocenters. The summed E-state index contributed by atoms with van der Waals surface area (Å²) >= 11 is 0. The van der Waals surface area contributed by atoms with E-state index in [0.717, 1.165) is 12.0 Å². The molecule has 1 aromatic rings. The lowest BCUT2D eigenvalue weighted by Crippen LogP contribution is -2.52. The Morgan fingerprint density at radius 3 is 2.44 bits per heavy atom. The summed E-state index contributed by atoms with van der Waals surface area (Å²) in [5, 5.41) is 5.33. The molecule has 1 aliphatic heterocycles. The Morgan fingerprint density at radius 1 is 1.32 bits per heavy atom. The average Bonchev–Trinajstić information content (AvgIpc) is 2.84. The molecular weight excluding hydrogens is 318 g/mol. The van der Waals surface area contributed by atoms with Crippen LogP contribution in [-0.2, 0) is 16.0 Å². The van der Waals surface area contributed by atoms with Crippen molar-refractivity contribution in [1.29, 1.82) is 0 Å². The largest absolute Gasteiger partial charge is 0.346 e. The summed E-state index contributed by atoms with van der Waals surface area (Å²) in [6.07, 6.45) is 1.52. The van der Waals surface area contributed by atoms with E-state index < -0.39 is 5.54 Å². The molecule has 0 spiro atoms. The molecule has 1 aliphatic rings. The van der Waals surface area contributed by atoms with E-state index in [0.29, 0.717) is 24.4 Å². The van der Waals surface area contributed by atoms with Gasteiger partial charge >= 0.3 is 0 Å². The summed E-state index contributed by atoms with van der Waals surface area (Å²) in [6.45, 7) is 6.52. The molecule has 2 unspecified atom stereocenters. The van der Waals surface area contributed by atoms with Crippen LogP contribution in [0.15, 0.2) is 24.3 Å². The molecule has 1 saturated heterocycles. The number of rotatable bonds is 7. The summed E-state index contributed by atoms with van der Waals surface area (Å²) in [5.74, 6) is -0.499. The summed E-state index contributed by atoms with van der Waals surface area (Å²) < 4.78 is 0. The van der Waals surface area contributed by atoms with Crippen molar-refractivity contribution in [3.05, 3.63) is 35.4 Å². The lowest BCUT2D eigenvalue weighted by molar-refractivity contribution is -0.125. The molecule has 1 heterocycles. The first-order valence-corrected chi connectivity index (χ1v) is 8.67. The van der Waals surface area contributed by atoms with Crippen LogP contribution < -0.4 is 16.4 Å². The molecule has 25 heavy (non-hydrogen) atoms. The normalized spacial score (nSPS) is 19.6. The fraction of sp³-hybridized carbons (Fsp3) is 0.526. The Morgan fingerprint density at radius 2 is 1.96 bits per heavy atom. The smallest absolute Gasteiger partial charge is 0.251 e. The third-order valence-electron chi connectivity index (χ3n) is 4.49. The van der Waals surface area contributed by atoms with Gasteiger partial charge in [0.05, 0.1) is 5.92 Å². The second-order valence-corrected chi connectivity index (χ2v) is 7.53. The molecule has 0 saturated carbocycles. The first-order valence-electron chi connectivity index (χ1n) is 8.67. The molecule has 2 rings (SSSR count). The Balaban J connectivity index is 2.00. The van der Waals surface area contributed by atoms with E-state index in [1.807, 2.05) is 19.1 Å². The fourth-order valence-corrected chi connectivity index (χ4v) is 3.28. The molecule has 1 fully saturated rings. The number of hydrogen-bond acceptors (Lipinski definition) is 4. The zero-order valence-electron chi connectivity index (χ0n) is 15.1. The second kappa shape index (κ2) is 7.78. The highest BCUT2D eigenvalue weighted by atomic mass is 16.2. The third-order valence-corrected chi connectivity index (χ3v) is 4.49. The Hall–Kier alpha value is -2.21. The van der Waals surface area contributed by atoms with E-state index >= 15 is 0 Å². The lowest BCUT2D eigenvalue weighted by Gasteiger charge is -2.31. The van der Waals surface area contributed by atoms with Crippen molar-refractivity contribution >= 4 is 17.7 Å². The van der Waals surface area contributed by atoms with Gasteiger partial charge in [-0.25, -0.2) is 0 Å². The topological polar surface area (TPSA) is 101 Å². The molecule has 0 aromatic heterocycles. The van der Waals surface area contributed by atoms with Crippen LogP contribution in [-0.4, -0.2) is 29.8 Å². The molecule has 6 heteroatoms. The van der Waals surface area contributed by atoms with Gasteiger partial charge in [-0.2, -0.15) is 0 Å². The number of benzene rings is 1. The second-order valence-electron chi connectivity index (χ2n) is 7.53. The van der Waals surface area contributed by atoms with Crippen molar-refractivity contribution in [2.75, 3.05) is 6.54 Å². The molecule has 0 bridgehead atoms. The van der Waals surface area contributed by atoms with Crippen LogP contribution in [0, 0.1) is 11.8 Å². The molecule has 4 N–H and O–H groups in total. The number of imide groups is 1. The molecule has 3 amide bonds. The highest BCUT2D eigenvalue weighted by Crippen LogP contribution is 2.19. The van der Waals surface area contributed by atoms with Crippen LogP contribution in [0.3, 0.4) is 0 Å². The summed E-state index contributed by atoms with van der Waals surface area (Å²) in [7, 11) is 0. The van der Waals surface area contributed by atoms with E-state index in [9.17, 15) is 14.4 Å². The minimum Gasteiger partial charge on any atom is -0.346 e. The van der Waals surface area contributed by atoms with E-state index in [4.69, 9.17) is 5.73 Å². The van der Waals surface area contributed by atoms with Gasteiger partial charge in [-0.1, -0.05) is 26.0 Å². The monoisotopic (exact) mass is 345 g/mol. The number of carbonyl (C=O) groups is 3. The zero-order valence-corrected chi connectivity index (χ0v) is 15.1. The highest BCUT2D eigenvalue weighted by Gasteiger charge is 2.30. The Bertz CT molecular complexity index is 654. The minimum absolute atomic E-state index is 0.158. The van der Waals surface area contributed by atoms with Gasteiger partial charge in [0, 0.05) is 24.1 Å². The zero-order chi connectivity index (χ0) is 18.6. The van der Waals surface area contributed by atoms with Gasteiger partial charge in [-0.3, -0.25) is 19.7 Å². The van der Waals surface area contributed by atoms with Gasteiger partial charge in [0.15, 0.2) is 0 Å². The van der Waals surface area contributed by atoms with Crippen molar-refractivity contribution < 1.29 is 14.4 Å². The van der Waals surface area contributed by atoms with Crippen LogP contribution in [0.25, 0.3) is 0 Å². The van der Waals surface area contributed by atoms with Crippen molar-refractivity contribution in [3.63, 3.8) is 0 Å². The van der Waals surface area contributed by atoms with Gasteiger partial charge in [0.1, 0.15) is 0 Å². The number of hydrogen-bond donors (Lipinski definition) is 3. The van der Waals surface area contributed by atoms with Gasteiger partial charge in [-0.05, 0) is 43.4 Å². The standard InChI is InChI=1S/C19H27N3O3/c1-12(2)10-19(3,11-20)22-18(25)14-6-4-13(5-7-14)8-15-9-16(23)21-17(15)24/h4-7,12,15H,8-11,20H2,1-3H3,(H,22,25)(H,21,23,24). The van der Waals surface area contributed by atoms with Gasteiger partial charge < -0.3 is 11.1 Å². The lowest BCUT2D eigenvalue weighted by atomic mass is 9.90. The van der Waals surface area contributed by atoms with E-state index in [2.05, 4.69) is 24.5 Å². The van der Waals surface area contributed by atoms with Crippen molar-refractivity contribution in [3.8, 4) is 0 Å². The van der Waals surface area contributed by atoms with E-state index in [1.54, 1.807) is 12.1 Å². The Kier molecular flexibility index (Phi) is 5.95. The van der Waals surface area contributed by atoms with E-state index in [1.165, 1.54) is 0 Å². The van der Waals surface area contributed by atoms with Crippen LogP contribution in [0.4, 0.5) is 0 Å². The van der Waals surface area contributed by atoms with Gasteiger partial charge in [0.2, 0.25) is 11.8 Å². The van der Waals surface area contributed by atoms with Crippen molar-refractivity contribution in [2.24, 2.45) is 17.6 Å². The average molecular weight is 345 g/mol. The summed E-state index contributed by atoms with van der Waals surface area (Å²) in [5.41, 5.74) is 6.88. The van der Waals surface area contributed by atoms with Crippen molar-refractivity contribution in [1.82, 2.24) is 10.6 Å². The maximum atomic E-state index is 12.5. The third kappa shape index (κ3) is 5.13. The predicted octanol–water partition coefficient (Wildman–Crippen LogP) is 1.39. The molecule has 1 aromatic carbocycles. The van der Waals surface area contributed by atoms with Gasteiger partial charge in [-0.15, -0.1) is 0 Å². The first-order chi connectivity index (χ1) is 11.7. The Labute approximate surface area is 148 Å². The highest BCUT2D eigenvalue weighted by molar-refractivity contribution is 6.03. The number of nitrogens with one attached hydrogen (secondary N) is 2. The maximum Gasteiger partial charge on any atom is 0.251 e. The predicted molar refractivity (Wildman–Crippen MR) is 95.8 cm³/mol. The van der Waals surface area contributed by atoms with Crippen LogP contribution in [0.1, 0.15) is 49.5 Å². The quantitative estimate of drug-likeness (QED) is 0.650. The van der Waals surface area contributed by atoms with Crippen molar-refractivity contribution in [2.45, 2.75) is 45.6 Å². The molecule has 0 radical (unpaired) electrons. The van der Waals surface area contributed by atoms with Crippen LogP contribution in [0.5, 0.6) is 0 Å². The molecule has 136 valence electrons. The van der Waals surface area contributed by atoms with Gasteiger partial charge in [0.25, 0.3) is 5.91 Å². The number of carbonyl (C=O) groups excluding carboxylic acids is 3. The molecule has 0 aliphatic carbocycles. The molecular formula is C19H27N3O3. The minimum atomic E-state index is -0.438. The SMILES string of the molecule is CC(C)CC(C)(CN)NC(=O)c1ccc(CC2CC(=O)NC2=O)cc1. The summed E-state index contributed by atoms with van der Waals surface area (Å²) in [4.78, 5) is 35.4. The van der Waals surface area contributed by atoms with Crippen LogP contribution >= 0.6 is 0 Å².